The smallest absolute Gasteiger partial charge is 0.166 e. The first-order chi connectivity index (χ1) is 12.6. The van der Waals surface area contributed by atoms with Crippen LogP contribution in [0.2, 0.25) is 0 Å². The van der Waals surface area contributed by atoms with Crippen LogP contribution in [0.5, 0.6) is 0 Å². The molecular formula is C23H21F3. The fraction of sp³-hybridized carbons (Fsp3) is 0.304. The first kappa shape index (κ1) is 17.1. The molecule has 0 radical (unpaired) electrons. The van der Waals surface area contributed by atoms with Gasteiger partial charge < -0.3 is 0 Å². The molecule has 0 amide bonds. The van der Waals surface area contributed by atoms with Crippen molar-refractivity contribution in [3.8, 4) is 11.1 Å². The molecular weight excluding hydrogens is 333 g/mol. The predicted octanol–water partition coefficient (Wildman–Crippen LogP) is 6.83. The van der Waals surface area contributed by atoms with E-state index in [0.29, 0.717) is 22.4 Å². The number of halogens is 3. The highest BCUT2D eigenvalue weighted by Crippen LogP contribution is 2.35. The van der Waals surface area contributed by atoms with E-state index in [-0.39, 0.29) is 11.2 Å². The second-order valence-corrected chi connectivity index (χ2v) is 7.26. The topological polar surface area (TPSA) is 0 Å². The van der Waals surface area contributed by atoms with Gasteiger partial charge in [-0.05, 0) is 59.4 Å². The van der Waals surface area contributed by atoms with Crippen molar-refractivity contribution >= 4 is 10.8 Å². The molecule has 3 heteroatoms. The van der Waals surface area contributed by atoms with Crippen LogP contribution in [-0.2, 0) is 12.8 Å². The van der Waals surface area contributed by atoms with Crippen molar-refractivity contribution in [3.05, 3.63) is 71.0 Å². The Hall–Kier alpha value is -2.29. The lowest BCUT2D eigenvalue weighted by Gasteiger charge is -2.25. The summed E-state index contributed by atoms with van der Waals surface area (Å²) in [6.07, 6.45) is 5.10. The largest absolute Gasteiger partial charge is 0.206 e. The Morgan fingerprint density at radius 1 is 0.962 bits per heavy atom. The molecule has 1 unspecified atom stereocenters. The molecule has 1 aliphatic rings. The van der Waals surface area contributed by atoms with Crippen molar-refractivity contribution in [2.24, 2.45) is 5.92 Å². The highest BCUT2D eigenvalue weighted by Gasteiger charge is 2.23. The summed E-state index contributed by atoms with van der Waals surface area (Å²) in [4.78, 5) is 0. The molecule has 0 spiro atoms. The van der Waals surface area contributed by atoms with Gasteiger partial charge in [0.25, 0.3) is 0 Å². The van der Waals surface area contributed by atoms with Gasteiger partial charge in [0.15, 0.2) is 11.6 Å². The summed E-state index contributed by atoms with van der Waals surface area (Å²) in [5.74, 6) is -1.25. The summed E-state index contributed by atoms with van der Waals surface area (Å²) in [5.41, 5.74) is 3.16. The Balaban J connectivity index is 1.75. The van der Waals surface area contributed by atoms with Crippen molar-refractivity contribution in [2.75, 3.05) is 0 Å². The highest BCUT2D eigenvalue weighted by molar-refractivity contribution is 5.88. The van der Waals surface area contributed by atoms with Gasteiger partial charge in [0.1, 0.15) is 5.82 Å². The zero-order valence-corrected chi connectivity index (χ0v) is 14.8. The van der Waals surface area contributed by atoms with Gasteiger partial charge in [-0.25, -0.2) is 13.2 Å². The van der Waals surface area contributed by atoms with E-state index in [4.69, 9.17) is 0 Å². The lowest BCUT2D eigenvalue weighted by molar-refractivity contribution is 0.415. The third-order valence-corrected chi connectivity index (χ3v) is 5.57. The summed E-state index contributed by atoms with van der Waals surface area (Å²) in [7, 11) is 0. The molecule has 3 aromatic carbocycles. The van der Waals surface area contributed by atoms with Crippen molar-refractivity contribution < 1.29 is 13.2 Å². The third-order valence-electron chi connectivity index (χ3n) is 5.57. The number of rotatable bonds is 3. The zero-order chi connectivity index (χ0) is 18.3. The number of benzene rings is 3. The monoisotopic (exact) mass is 354 g/mol. The van der Waals surface area contributed by atoms with E-state index in [2.05, 4.69) is 6.92 Å². The van der Waals surface area contributed by atoms with Crippen LogP contribution < -0.4 is 0 Å². The first-order valence-electron chi connectivity index (χ1n) is 9.27. The Morgan fingerprint density at radius 2 is 1.81 bits per heavy atom. The maximum Gasteiger partial charge on any atom is 0.166 e. The Bertz CT molecular complexity index is 975. The molecule has 1 atom stereocenters. The SMILES string of the molecule is CCCC1CCc2c(ccc(-c3ccc4c(F)c(F)ccc4c3)c2F)C1. The molecule has 0 nitrogen and oxygen atoms in total. The lowest BCUT2D eigenvalue weighted by atomic mass is 9.80. The van der Waals surface area contributed by atoms with E-state index in [0.717, 1.165) is 42.9 Å². The standard InChI is InChI=1S/C23H21F3/c1-2-3-14-4-8-18-15(12-14)5-9-19(22(18)25)16-6-10-20-17(13-16)7-11-21(24)23(20)26/h5-7,9-11,13-14H,2-4,8,12H2,1H3. The second-order valence-electron chi connectivity index (χ2n) is 7.26. The second kappa shape index (κ2) is 6.79. The molecule has 26 heavy (non-hydrogen) atoms. The molecule has 0 saturated heterocycles. The fourth-order valence-corrected chi connectivity index (χ4v) is 4.19. The number of fused-ring (bicyclic) bond motifs is 2. The minimum absolute atomic E-state index is 0.167. The van der Waals surface area contributed by atoms with Crippen LogP contribution in [0.15, 0.2) is 42.5 Å². The van der Waals surface area contributed by atoms with Gasteiger partial charge in [-0.1, -0.05) is 50.1 Å². The van der Waals surface area contributed by atoms with E-state index in [1.54, 1.807) is 12.1 Å². The maximum atomic E-state index is 15.2. The first-order valence-corrected chi connectivity index (χ1v) is 9.27. The summed E-state index contributed by atoms with van der Waals surface area (Å²) < 4.78 is 42.4. The van der Waals surface area contributed by atoms with E-state index in [1.807, 2.05) is 12.1 Å². The van der Waals surface area contributed by atoms with Gasteiger partial charge in [0.05, 0.1) is 0 Å². The van der Waals surface area contributed by atoms with Gasteiger partial charge in [0.2, 0.25) is 0 Å². The quantitative estimate of drug-likeness (QED) is 0.483. The van der Waals surface area contributed by atoms with Crippen molar-refractivity contribution in [1.82, 2.24) is 0 Å². The van der Waals surface area contributed by atoms with Crippen LogP contribution in [0.1, 0.15) is 37.3 Å². The molecule has 0 aromatic heterocycles. The highest BCUT2D eigenvalue weighted by atomic mass is 19.2. The summed E-state index contributed by atoms with van der Waals surface area (Å²) in [6, 6.07) is 11.4. The number of hydrogen-bond acceptors (Lipinski definition) is 0. The molecule has 0 saturated carbocycles. The molecule has 0 heterocycles. The molecule has 0 fully saturated rings. The minimum Gasteiger partial charge on any atom is -0.206 e. The van der Waals surface area contributed by atoms with Gasteiger partial charge in [0, 0.05) is 10.9 Å². The van der Waals surface area contributed by atoms with E-state index in [1.165, 1.54) is 18.6 Å². The van der Waals surface area contributed by atoms with Gasteiger partial charge in [-0.15, -0.1) is 0 Å². The van der Waals surface area contributed by atoms with E-state index < -0.39 is 11.6 Å². The van der Waals surface area contributed by atoms with Gasteiger partial charge >= 0.3 is 0 Å². The Kier molecular flexibility index (Phi) is 4.47. The third kappa shape index (κ3) is 2.90. The summed E-state index contributed by atoms with van der Waals surface area (Å²) >= 11 is 0. The van der Waals surface area contributed by atoms with Crippen LogP contribution in [-0.4, -0.2) is 0 Å². The van der Waals surface area contributed by atoms with Crippen LogP contribution >= 0.6 is 0 Å². The van der Waals surface area contributed by atoms with Crippen LogP contribution in [0.3, 0.4) is 0 Å². The molecule has 0 aliphatic heterocycles. The molecule has 0 bridgehead atoms. The summed E-state index contributed by atoms with van der Waals surface area (Å²) in [6.45, 7) is 2.19. The summed E-state index contributed by atoms with van der Waals surface area (Å²) in [5, 5.41) is 0.788. The van der Waals surface area contributed by atoms with E-state index >= 15 is 4.39 Å². The fourth-order valence-electron chi connectivity index (χ4n) is 4.19. The Labute approximate surface area is 151 Å². The van der Waals surface area contributed by atoms with Crippen molar-refractivity contribution in [1.29, 1.82) is 0 Å². The zero-order valence-electron chi connectivity index (χ0n) is 14.8. The van der Waals surface area contributed by atoms with Crippen LogP contribution in [0.4, 0.5) is 13.2 Å². The van der Waals surface area contributed by atoms with Crippen molar-refractivity contribution in [2.45, 2.75) is 39.0 Å². The molecule has 0 N–H and O–H groups in total. The van der Waals surface area contributed by atoms with Crippen molar-refractivity contribution in [3.63, 3.8) is 0 Å². The average molecular weight is 354 g/mol. The van der Waals surface area contributed by atoms with Gasteiger partial charge in [-0.3, -0.25) is 0 Å². The average Bonchev–Trinajstić information content (AvgIpc) is 2.65. The molecule has 3 aromatic rings. The molecule has 1 aliphatic carbocycles. The Morgan fingerprint density at radius 3 is 2.62 bits per heavy atom. The van der Waals surface area contributed by atoms with Crippen LogP contribution in [0, 0.1) is 23.4 Å². The minimum atomic E-state index is -0.869. The molecule has 4 rings (SSSR count). The molecule has 134 valence electrons. The maximum absolute atomic E-state index is 15.2. The normalized spacial score (nSPS) is 16.7. The van der Waals surface area contributed by atoms with Gasteiger partial charge in [-0.2, -0.15) is 0 Å². The predicted molar refractivity (Wildman–Crippen MR) is 99.7 cm³/mol. The van der Waals surface area contributed by atoms with Crippen LogP contribution in [0.25, 0.3) is 21.9 Å². The number of hydrogen-bond donors (Lipinski definition) is 0. The van der Waals surface area contributed by atoms with E-state index in [9.17, 15) is 8.78 Å². The lowest BCUT2D eigenvalue weighted by Crippen LogP contribution is -2.15.